The van der Waals surface area contributed by atoms with Crippen LogP contribution in [0.4, 0.5) is 0 Å². The lowest BCUT2D eigenvalue weighted by Crippen LogP contribution is -1.92. The maximum absolute atomic E-state index is 10.3. The van der Waals surface area contributed by atoms with Crippen molar-refractivity contribution in [3.63, 3.8) is 0 Å². The Morgan fingerprint density at radius 2 is 2.33 bits per heavy atom. The fourth-order valence-corrected chi connectivity index (χ4v) is 1.23. The molecule has 1 N–H and O–H groups in total. The lowest BCUT2D eigenvalue weighted by atomic mass is 10.2. The van der Waals surface area contributed by atoms with Crippen molar-refractivity contribution in [2.24, 2.45) is 0 Å². The molecule has 1 rings (SSSR count). The van der Waals surface area contributed by atoms with Gasteiger partial charge in [-0.15, -0.1) is 0 Å². The topological polar surface area (TPSA) is 46.5 Å². The van der Waals surface area contributed by atoms with Gasteiger partial charge in [-0.3, -0.25) is 0 Å². The molecule has 0 atom stereocenters. The van der Waals surface area contributed by atoms with E-state index in [1.807, 2.05) is 6.92 Å². The standard InChI is InChI=1S/C11H11ClO3/c1-2-15-10-7-8(3-5-9(10)12)4-6-11(13)14/h3-7H,2H2,1H3,(H,13,14). The molecule has 0 heterocycles. The van der Waals surface area contributed by atoms with E-state index in [0.29, 0.717) is 17.4 Å². The van der Waals surface area contributed by atoms with Crippen LogP contribution in [-0.4, -0.2) is 17.7 Å². The molecule has 0 amide bonds. The molecule has 0 aliphatic heterocycles. The largest absolute Gasteiger partial charge is 0.492 e. The summed E-state index contributed by atoms with van der Waals surface area (Å²) in [5.41, 5.74) is 0.741. The van der Waals surface area contributed by atoms with Gasteiger partial charge in [0, 0.05) is 6.08 Å². The van der Waals surface area contributed by atoms with Crippen LogP contribution in [-0.2, 0) is 4.79 Å². The summed E-state index contributed by atoms with van der Waals surface area (Å²) in [5.74, 6) is -0.422. The predicted octanol–water partition coefficient (Wildman–Crippen LogP) is 2.84. The van der Waals surface area contributed by atoms with Crippen molar-refractivity contribution in [1.82, 2.24) is 0 Å². The fraction of sp³-hybridized carbons (Fsp3) is 0.182. The highest BCUT2D eigenvalue weighted by molar-refractivity contribution is 6.32. The number of carboxylic acids is 1. The molecule has 0 saturated carbocycles. The smallest absolute Gasteiger partial charge is 0.328 e. The normalized spacial score (nSPS) is 10.5. The molecule has 0 aliphatic carbocycles. The third-order valence-corrected chi connectivity index (χ3v) is 1.99. The highest BCUT2D eigenvalue weighted by Crippen LogP contribution is 2.25. The number of carboxylic acid groups (broad SMARTS) is 1. The number of ether oxygens (including phenoxy) is 1. The molecule has 3 nitrogen and oxygen atoms in total. The number of hydrogen-bond acceptors (Lipinski definition) is 2. The second kappa shape index (κ2) is 5.41. The Kier molecular flexibility index (Phi) is 4.18. The number of aliphatic carboxylic acids is 1. The van der Waals surface area contributed by atoms with Crippen molar-refractivity contribution in [2.75, 3.05) is 6.61 Å². The SMILES string of the molecule is CCOc1cc(C=CC(=O)O)ccc1Cl. The van der Waals surface area contributed by atoms with Crippen LogP contribution in [0.3, 0.4) is 0 Å². The van der Waals surface area contributed by atoms with Gasteiger partial charge < -0.3 is 9.84 Å². The summed E-state index contributed by atoms with van der Waals surface area (Å²) >= 11 is 5.87. The quantitative estimate of drug-likeness (QED) is 0.803. The van der Waals surface area contributed by atoms with Crippen LogP contribution >= 0.6 is 11.6 Å². The monoisotopic (exact) mass is 226 g/mol. The Labute approximate surface area is 92.9 Å². The van der Waals surface area contributed by atoms with E-state index < -0.39 is 5.97 Å². The van der Waals surface area contributed by atoms with Gasteiger partial charge in [0.25, 0.3) is 0 Å². The summed E-state index contributed by atoms with van der Waals surface area (Å²) in [7, 11) is 0. The minimum atomic E-state index is -0.983. The number of carbonyl (C=O) groups is 1. The second-order valence-corrected chi connectivity index (χ2v) is 3.20. The first-order valence-electron chi connectivity index (χ1n) is 4.47. The number of rotatable bonds is 4. The molecular weight excluding hydrogens is 216 g/mol. The molecule has 80 valence electrons. The van der Waals surface area contributed by atoms with E-state index in [9.17, 15) is 4.79 Å². The van der Waals surface area contributed by atoms with Crippen molar-refractivity contribution >= 4 is 23.6 Å². The zero-order valence-electron chi connectivity index (χ0n) is 8.24. The molecule has 0 aliphatic rings. The van der Waals surface area contributed by atoms with E-state index in [0.717, 1.165) is 11.6 Å². The molecule has 0 unspecified atom stereocenters. The highest BCUT2D eigenvalue weighted by atomic mass is 35.5. The Morgan fingerprint density at radius 1 is 1.60 bits per heavy atom. The first kappa shape index (κ1) is 11.6. The first-order valence-corrected chi connectivity index (χ1v) is 4.84. The van der Waals surface area contributed by atoms with Crippen molar-refractivity contribution in [1.29, 1.82) is 0 Å². The Hall–Kier alpha value is -1.48. The van der Waals surface area contributed by atoms with Gasteiger partial charge in [0.1, 0.15) is 5.75 Å². The molecule has 15 heavy (non-hydrogen) atoms. The number of benzene rings is 1. The molecule has 1 aromatic rings. The third-order valence-electron chi connectivity index (χ3n) is 1.67. The number of halogens is 1. The Balaban J connectivity index is 2.91. The maximum atomic E-state index is 10.3. The van der Waals surface area contributed by atoms with Gasteiger partial charge in [-0.1, -0.05) is 17.7 Å². The van der Waals surface area contributed by atoms with Crippen molar-refractivity contribution in [2.45, 2.75) is 6.92 Å². The van der Waals surface area contributed by atoms with Crippen LogP contribution < -0.4 is 4.74 Å². The minimum absolute atomic E-state index is 0.518. The Bertz CT molecular complexity index is 385. The summed E-state index contributed by atoms with van der Waals surface area (Å²) in [4.78, 5) is 10.3. The van der Waals surface area contributed by atoms with Crippen LogP contribution in [0.5, 0.6) is 5.75 Å². The fourth-order valence-electron chi connectivity index (χ4n) is 1.06. The summed E-state index contributed by atoms with van der Waals surface area (Å²) in [6.07, 6.45) is 2.56. The summed E-state index contributed by atoms with van der Waals surface area (Å²) in [6, 6.07) is 5.10. The average Bonchev–Trinajstić information content (AvgIpc) is 2.19. The third kappa shape index (κ3) is 3.64. The average molecular weight is 227 g/mol. The van der Waals surface area contributed by atoms with Crippen LogP contribution in [0.2, 0.25) is 5.02 Å². The van der Waals surface area contributed by atoms with E-state index in [1.54, 1.807) is 18.2 Å². The first-order chi connectivity index (χ1) is 7.13. The summed E-state index contributed by atoms with van der Waals surface area (Å²) < 4.78 is 5.27. The van der Waals surface area contributed by atoms with Crippen LogP contribution in [0.1, 0.15) is 12.5 Å². The molecule has 0 saturated heterocycles. The molecule has 0 radical (unpaired) electrons. The number of hydrogen-bond donors (Lipinski definition) is 1. The lowest BCUT2D eigenvalue weighted by molar-refractivity contribution is -0.131. The van der Waals surface area contributed by atoms with Crippen LogP contribution in [0, 0.1) is 0 Å². The van der Waals surface area contributed by atoms with E-state index >= 15 is 0 Å². The van der Waals surface area contributed by atoms with Gasteiger partial charge >= 0.3 is 5.97 Å². The zero-order valence-corrected chi connectivity index (χ0v) is 8.99. The van der Waals surface area contributed by atoms with Crippen molar-refractivity contribution in [3.8, 4) is 5.75 Å². The maximum Gasteiger partial charge on any atom is 0.328 e. The van der Waals surface area contributed by atoms with E-state index in [1.165, 1.54) is 6.08 Å². The second-order valence-electron chi connectivity index (χ2n) is 2.79. The zero-order chi connectivity index (χ0) is 11.3. The molecule has 0 fully saturated rings. The minimum Gasteiger partial charge on any atom is -0.492 e. The molecular formula is C11H11ClO3. The van der Waals surface area contributed by atoms with Crippen LogP contribution in [0.25, 0.3) is 6.08 Å². The molecule has 4 heteroatoms. The van der Waals surface area contributed by atoms with Crippen molar-refractivity contribution in [3.05, 3.63) is 34.9 Å². The highest BCUT2D eigenvalue weighted by Gasteiger charge is 2.01. The van der Waals surface area contributed by atoms with Gasteiger partial charge in [0.05, 0.1) is 11.6 Å². The molecule has 0 bridgehead atoms. The molecule has 1 aromatic carbocycles. The van der Waals surface area contributed by atoms with E-state index in [2.05, 4.69) is 0 Å². The van der Waals surface area contributed by atoms with Gasteiger partial charge in [-0.25, -0.2) is 4.79 Å². The van der Waals surface area contributed by atoms with Crippen molar-refractivity contribution < 1.29 is 14.6 Å². The lowest BCUT2D eigenvalue weighted by Gasteiger charge is -2.05. The molecule has 0 aromatic heterocycles. The summed E-state index contributed by atoms with van der Waals surface area (Å²) in [5, 5.41) is 8.98. The van der Waals surface area contributed by atoms with Gasteiger partial charge in [0.2, 0.25) is 0 Å². The van der Waals surface area contributed by atoms with Gasteiger partial charge in [0.15, 0.2) is 0 Å². The summed E-state index contributed by atoms with van der Waals surface area (Å²) in [6.45, 7) is 2.38. The Morgan fingerprint density at radius 3 is 2.93 bits per heavy atom. The molecule has 0 spiro atoms. The predicted molar refractivity (Wildman–Crippen MR) is 59.3 cm³/mol. The van der Waals surface area contributed by atoms with E-state index in [-0.39, 0.29) is 0 Å². The van der Waals surface area contributed by atoms with Gasteiger partial charge in [-0.2, -0.15) is 0 Å². The van der Waals surface area contributed by atoms with Gasteiger partial charge in [-0.05, 0) is 30.7 Å². The van der Waals surface area contributed by atoms with E-state index in [4.69, 9.17) is 21.4 Å². The van der Waals surface area contributed by atoms with Crippen LogP contribution in [0.15, 0.2) is 24.3 Å².